The largest absolute Gasteiger partial charge is 0.434 e. The highest BCUT2D eigenvalue weighted by atomic mass is 19.3. The first-order chi connectivity index (χ1) is 16.0. The number of anilines is 2. The smallest absolute Gasteiger partial charge is 0.387 e. The van der Waals surface area contributed by atoms with Crippen LogP contribution in [-0.2, 0) is 9.59 Å². The summed E-state index contributed by atoms with van der Waals surface area (Å²) in [6, 6.07) is 13.1. The van der Waals surface area contributed by atoms with Gasteiger partial charge in [0.25, 0.3) is 0 Å². The molecule has 1 heterocycles. The van der Waals surface area contributed by atoms with Gasteiger partial charge < -0.3 is 20.3 Å². The van der Waals surface area contributed by atoms with Gasteiger partial charge in [-0.3, -0.25) is 9.59 Å². The number of ether oxygens (including phenoxy) is 1. The van der Waals surface area contributed by atoms with Crippen molar-refractivity contribution in [1.82, 2.24) is 5.32 Å². The van der Waals surface area contributed by atoms with Crippen molar-refractivity contribution in [1.29, 1.82) is 0 Å². The standard InChI is InChI=1S/C25H29F2N3O3/c1-2-8-21(24(32)28-19-10-7-11-20(17-19)30-15-5-6-16-30)29-23(31)14-13-18-9-3-4-12-22(18)33-25(26)27/h3-4,7,9-14,17,21,25H,2,5-6,8,15-16H2,1H3,(H,28,32)(H,29,31)/b14-13+. The van der Waals surface area contributed by atoms with E-state index >= 15 is 0 Å². The molecular formula is C25H29F2N3O3. The van der Waals surface area contributed by atoms with Gasteiger partial charge in [-0.05, 0) is 49.6 Å². The number of benzene rings is 2. The molecule has 176 valence electrons. The van der Waals surface area contributed by atoms with E-state index in [0.29, 0.717) is 24.1 Å². The Kier molecular flexibility index (Phi) is 8.80. The minimum Gasteiger partial charge on any atom is -0.434 e. The van der Waals surface area contributed by atoms with E-state index in [-0.39, 0.29) is 11.7 Å². The summed E-state index contributed by atoms with van der Waals surface area (Å²) in [6.07, 6.45) is 6.06. The summed E-state index contributed by atoms with van der Waals surface area (Å²) in [6.45, 7) is 0.969. The van der Waals surface area contributed by atoms with Crippen molar-refractivity contribution < 1.29 is 23.1 Å². The van der Waals surface area contributed by atoms with Gasteiger partial charge >= 0.3 is 6.61 Å². The predicted molar refractivity (Wildman–Crippen MR) is 125 cm³/mol. The molecule has 0 aliphatic carbocycles. The molecule has 1 unspecified atom stereocenters. The second-order valence-electron chi connectivity index (χ2n) is 7.83. The fraction of sp³-hybridized carbons (Fsp3) is 0.360. The van der Waals surface area contributed by atoms with Crippen LogP contribution in [0.3, 0.4) is 0 Å². The van der Waals surface area contributed by atoms with E-state index in [0.717, 1.165) is 31.6 Å². The van der Waals surface area contributed by atoms with Crippen molar-refractivity contribution in [2.45, 2.75) is 45.3 Å². The van der Waals surface area contributed by atoms with Gasteiger partial charge in [0.1, 0.15) is 11.8 Å². The first-order valence-corrected chi connectivity index (χ1v) is 11.1. The summed E-state index contributed by atoms with van der Waals surface area (Å²) in [7, 11) is 0. The van der Waals surface area contributed by atoms with Gasteiger partial charge in [0, 0.05) is 36.1 Å². The van der Waals surface area contributed by atoms with Gasteiger partial charge in [0.15, 0.2) is 0 Å². The van der Waals surface area contributed by atoms with Crippen LogP contribution in [0.5, 0.6) is 5.75 Å². The number of hydrogen-bond acceptors (Lipinski definition) is 4. The van der Waals surface area contributed by atoms with Gasteiger partial charge in [-0.2, -0.15) is 8.78 Å². The molecule has 1 fully saturated rings. The first kappa shape index (κ1) is 24.2. The molecule has 0 bridgehead atoms. The third-order valence-electron chi connectivity index (χ3n) is 5.34. The maximum absolute atomic E-state index is 12.9. The second kappa shape index (κ2) is 12.0. The summed E-state index contributed by atoms with van der Waals surface area (Å²) >= 11 is 0. The minimum absolute atomic E-state index is 0.0303. The minimum atomic E-state index is -2.96. The third-order valence-corrected chi connectivity index (χ3v) is 5.34. The van der Waals surface area contributed by atoms with E-state index in [2.05, 4.69) is 20.3 Å². The summed E-state index contributed by atoms with van der Waals surface area (Å²) in [5.74, 6) is -0.836. The Morgan fingerprint density at radius 2 is 1.88 bits per heavy atom. The number of alkyl halides is 2. The molecule has 0 aromatic heterocycles. The van der Waals surface area contributed by atoms with Gasteiger partial charge in [-0.15, -0.1) is 0 Å². The van der Waals surface area contributed by atoms with E-state index < -0.39 is 18.6 Å². The van der Waals surface area contributed by atoms with Crippen LogP contribution in [0.1, 0.15) is 38.2 Å². The Morgan fingerprint density at radius 1 is 1.12 bits per heavy atom. The molecule has 2 amide bonds. The molecule has 2 aromatic carbocycles. The van der Waals surface area contributed by atoms with E-state index in [4.69, 9.17) is 0 Å². The molecule has 0 radical (unpaired) electrons. The number of nitrogens with one attached hydrogen (secondary N) is 2. The zero-order chi connectivity index (χ0) is 23.6. The molecule has 2 N–H and O–H groups in total. The van der Waals surface area contributed by atoms with Crippen LogP contribution >= 0.6 is 0 Å². The second-order valence-corrected chi connectivity index (χ2v) is 7.83. The Labute approximate surface area is 192 Å². The van der Waals surface area contributed by atoms with Gasteiger partial charge in [-0.1, -0.05) is 37.6 Å². The van der Waals surface area contributed by atoms with Crippen molar-refractivity contribution in [2.75, 3.05) is 23.3 Å². The molecule has 1 aliphatic rings. The molecule has 1 atom stereocenters. The Bertz CT molecular complexity index is 975. The molecule has 8 heteroatoms. The van der Waals surface area contributed by atoms with Crippen LogP contribution in [-0.4, -0.2) is 37.6 Å². The highest BCUT2D eigenvalue weighted by Gasteiger charge is 2.20. The lowest BCUT2D eigenvalue weighted by Gasteiger charge is -2.20. The van der Waals surface area contributed by atoms with Crippen LogP contribution in [0, 0.1) is 0 Å². The molecule has 3 rings (SSSR count). The van der Waals surface area contributed by atoms with E-state index in [9.17, 15) is 18.4 Å². The lowest BCUT2D eigenvalue weighted by Crippen LogP contribution is -2.43. The molecule has 33 heavy (non-hydrogen) atoms. The van der Waals surface area contributed by atoms with Crippen molar-refractivity contribution in [3.63, 3.8) is 0 Å². The third kappa shape index (κ3) is 7.30. The lowest BCUT2D eigenvalue weighted by atomic mass is 10.1. The van der Waals surface area contributed by atoms with Crippen LogP contribution < -0.4 is 20.3 Å². The Hall–Kier alpha value is -3.42. The summed E-state index contributed by atoms with van der Waals surface area (Å²) in [4.78, 5) is 27.6. The van der Waals surface area contributed by atoms with Crippen LogP contribution in [0.15, 0.2) is 54.6 Å². The monoisotopic (exact) mass is 457 g/mol. The number of halogens is 2. The SMILES string of the molecule is CCCC(NC(=O)/C=C/c1ccccc1OC(F)F)C(=O)Nc1cccc(N2CCCC2)c1. The van der Waals surface area contributed by atoms with Crippen LogP contribution in [0.25, 0.3) is 6.08 Å². The highest BCUT2D eigenvalue weighted by Crippen LogP contribution is 2.24. The average Bonchev–Trinajstić information content (AvgIpc) is 3.33. The van der Waals surface area contributed by atoms with E-state index in [1.807, 2.05) is 31.2 Å². The first-order valence-electron chi connectivity index (χ1n) is 11.1. The molecule has 1 aliphatic heterocycles. The van der Waals surface area contributed by atoms with Crippen LogP contribution in [0.4, 0.5) is 20.2 Å². The number of rotatable bonds is 10. The normalized spacial score (nSPS) is 14.5. The Balaban J connectivity index is 1.63. The van der Waals surface area contributed by atoms with E-state index in [1.165, 1.54) is 18.2 Å². The Morgan fingerprint density at radius 3 is 2.61 bits per heavy atom. The number of amides is 2. The van der Waals surface area contributed by atoms with Crippen molar-refractivity contribution in [2.24, 2.45) is 0 Å². The van der Waals surface area contributed by atoms with Gasteiger partial charge in [0.2, 0.25) is 11.8 Å². The number of nitrogens with zero attached hydrogens (tertiary/aromatic N) is 1. The van der Waals surface area contributed by atoms with Crippen molar-refractivity contribution >= 4 is 29.3 Å². The molecular weight excluding hydrogens is 428 g/mol. The number of carbonyl (C=O) groups excluding carboxylic acids is 2. The maximum atomic E-state index is 12.9. The lowest BCUT2D eigenvalue weighted by molar-refractivity contribution is -0.123. The zero-order valence-corrected chi connectivity index (χ0v) is 18.6. The maximum Gasteiger partial charge on any atom is 0.387 e. The summed E-state index contributed by atoms with van der Waals surface area (Å²) < 4.78 is 29.6. The van der Waals surface area contributed by atoms with Crippen molar-refractivity contribution in [3.8, 4) is 5.75 Å². The molecule has 0 spiro atoms. The predicted octanol–water partition coefficient (Wildman–Crippen LogP) is 4.83. The highest BCUT2D eigenvalue weighted by molar-refractivity contribution is 6.00. The fourth-order valence-electron chi connectivity index (χ4n) is 3.75. The van der Waals surface area contributed by atoms with Crippen LogP contribution in [0.2, 0.25) is 0 Å². The van der Waals surface area contributed by atoms with E-state index in [1.54, 1.807) is 18.2 Å². The number of carbonyl (C=O) groups is 2. The number of hydrogen-bond donors (Lipinski definition) is 2. The molecule has 6 nitrogen and oxygen atoms in total. The fourth-order valence-corrected chi connectivity index (χ4v) is 3.75. The van der Waals surface area contributed by atoms with Gasteiger partial charge in [-0.25, -0.2) is 0 Å². The van der Waals surface area contributed by atoms with Gasteiger partial charge in [0.05, 0.1) is 0 Å². The van der Waals surface area contributed by atoms with Crippen molar-refractivity contribution in [3.05, 3.63) is 60.2 Å². The summed E-state index contributed by atoms with van der Waals surface area (Å²) in [5.41, 5.74) is 2.07. The molecule has 1 saturated heterocycles. The average molecular weight is 458 g/mol. The number of para-hydroxylation sites is 1. The molecule has 0 saturated carbocycles. The topological polar surface area (TPSA) is 70.7 Å². The quantitative estimate of drug-likeness (QED) is 0.502. The summed E-state index contributed by atoms with van der Waals surface area (Å²) in [5, 5.41) is 5.59. The zero-order valence-electron chi connectivity index (χ0n) is 18.6. The molecule has 2 aromatic rings.